The number of carbonyl (C=O) groups excluding carboxylic acids is 3. The van der Waals surface area contributed by atoms with Crippen LogP contribution < -0.4 is 10.6 Å². The van der Waals surface area contributed by atoms with Gasteiger partial charge in [-0.2, -0.15) is 8.78 Å². The third kappa shape index (κ3) is 8.65. The zero-order valence-corrected chi connectivity index (χ0v) is 34.4. The van der Waals surface area contributed by atoms with E-state index in [1.54, 1.807) is 6.08 Å². The molecule has 0 saturated carbocycles. The van der Waals surface area contributed by atoms with Gasteiger partial charge in [-0.3, -0.25) is 14.5 Å². The van der Waals surface area contributed by atoms with Crippen molar-refractivity contribution in [3.8, 4) is 0 Å². The molecule has 3 heterocycles. The van der Waals surface area contributed by atoms with Crippen LogP contribution in [0.2, 0.25) is 0 Å². The van der Waals surface area contributed by atoms with E-state index in [2.05, 4.69) is 25.6 Å². The Kier molecular flexibility index (Phi) is 12.6. The number of fused-ring (bicyclic) bond motifs is 1. The van der Waals surface area contributed by atoms with Gasteiger partial charge in [0, 0.05) is 11.1 Å². The van der Waals surface area contributed by atoms with Crippen LogP contribution in [0.15, 0.2) is 174 Å². The van der Waals surface area contributed by atoms with Crippen LogP contribution in [-0.2, 0) is 29.5 Å². The van der Waals surface area contributed by atoms with E-state index >= 15 is 0 Å². The van der Waals surface area contributed by atoms with Gasteiger partial charge in [-0.25, -0.2) is 9.78 Å². The number of benzene rings is 5. The second-order valence-electron chi connectivity index (χ2n) is 13.8. The molecule has 1 saturated heterocycles. The average molecular weight is 876 g/mol. The minimum atomic E-state index is -3.35. The van der Waals surface area contributed by atoms with Gasteiger partial charge in [-0.05, 0) is 33.9 Å². The first kappa shape index (κ1) is 41.4. The van der Waals surface area contributed by atoms with E-state index in [9.17, 15) is 23.2 Å². The standard InChI is InChI=1S/C46H36ClF2N5O5S2/c47-39(36-41(56)54-35(26-27-60-42(36)54)43(57)58-38(29-16-6-1-7-17-29)30-18-8-2-9-19-30)51-40(55)37(53-59-44(48)49)34-28-61-45(50-34)52-46(31-20-10-3-11-21-31,32-22-12-4-13-23-32)33-24-14-5-15-25-33/h1-26,28,36,38-39,42,44H,27H2,(H,50,52)(H,51,55)/b53-37-. The van der Waals surface area contributed by atoms with Gasteiger partial charge in [-0.15, -0.1) is 23.1 Å². The van der Waals surface area contributed by atoms with Crippen LogP contribution in [-0.4, -0.2) is 56.6 Å². The first-order valence-corrected chi connectivity index (χ1v) is 21.4. The minimum Gasteiger partial charge on any atom is -0.448 e. The van der Waals surface area contributed by atoms with Gasteiger partial charge in [0.1, 0.15) is 28.3 Å². The van der Waals surface area contributed by atoms with Crippen molar-refractivity contribution >= 4 is 63.3 Å². The maximum absolute atomic E-state index is 13.9. The van der Waals surface area contributed by atoms with Crippen LogP contribution >= 0.6 is 34.7 Å². The van der Waals surface area contributed by atoms with Crippen LogP contribution in [0.3, 0.4) is 0 Å². The molecule has 2 aliphatic heterocycles. The molecule has 2 amide bonds. The summed E-state index contributed by atoms with van der Waals surface area (Å²) >= 11 is 9.23. The predicted molar refractivity (Wildman–Crippen MR) is 232 cm³/mol. The van der Waals surface area contributed by atoms with Crippen molar-refractivity contribution in [1.82, 2.24) is 15.2 Å². The Bertz CT molecular complexity index is 2400. The second-order valence-corrected chi connectivity index (χ2v) is 16.3. The molecule has 0 bridgehead atoms. The number of oxime groups is 1. The maximum atomic E-state index is 13.9. The monoisotopic (exact) mass is 875 g/mol. The Hall–Kier alpha value is -6.35. The summed E-state index contributed by atoms with van der Waals surface area (Å²) in [6.45, 7) is -3.35. The van der Waals surface area contributed by atoms with E-state index in [0.29, 0.717) is 10.9 Å². The Labute approximate surface area is 363 Å². The smallest absolute Gasteiger partial charge is 0.407 e. The third-order valence-electron chi connectivity index (χ3n) is 10.2. The SMILES string of the molecule is O=C(OC(c1ccccc1)c1ccccc1)C1=CCSC2C(C(Cl)NC(=O)/C(=N\OC(F)F)c3csc(NC(c4ccccc4)(c4ccccc4)c4ccccc4)n3)C(=O)N12. The largest absolute Gasteiger partial charge is 0.448 e. The zero-order chi connectivity index (χ0) is 42.3. The van der Waals surface area contributed by atoms with Crippen molar-refractivity contribution in [1.29, 1.82) is 0 Å². The highest BCUT2D eigenvalue weighted by Gasteiger charge is 2.55. The van der Waals surface area contributed by atoms with Gasteiger partial charge in [0.2, 0.25) is 5.91 Å². The lowest BCUT2D eigenvalue weighted by Crippen LogP contribution is -2.66. The number of anilines is 1. The number of rotatable bonds is 15. The van der Waals surface area contributed by atoms with E-state index in [1.807, 2.05) is 152 Å². The van der Waals surface area contributed by atoms with Gasteiger partial charge in [0.25, 0.3) is 5.91 Å². The molecule has 308 valence electrons. The molecule has 10 nitrogen and oxygen atoms in total. The number of thiazole rings is 1. The lowest BCUT2D eigenvalue weighted by atomic mass is 9.77. The van der Waals surface area contributed by atoms with E-state index in [4.69, 9.17) is 16.3 Å². The fraction of sp³-hybridized carbons (Fsp3) is 0.152. The number of halogens is 3. The summed E-state index contributed by atoms with van der Waals surface area (Å²) in [7, 11) is 0. The van der Waals surface area contributed by atoms with Crippen molar-refractivity contribution in [2.24, 2.45) is 11.1 Å². The Morgan fingerprint density at radius 3 is 1.82 bits per heavy atom. The summed E-state index contributed by atoms with van der Waals surface area (Å²) < 4.78 is 32.9. The minimum absolute atomic E-state index is 0.0599. The molecule has 15 heteroatoms. The highest BCUT2D eigenvalue weighted by atomic mass is 35.5. The lowest BCUT2D eigenvalue weighted by Gasteiger charge is -2.50. The Balaban J connectivity index is 1.01. The number of hydrogen-bond donors (Lipinski definition) is 2. The summed E-state index contributed by atoms with van der Waals surface area (Å²) in [5.41, 5.74) is 1.25. The fourth-order valence-electron chi connectivity index (χ4n) is 7.41. The number of ether oxygens (including phenoxy) is 1. The molecule has 8 rings (SSSR count). The quantitative estimate of drug-likeness (QED) is 0.0200. The number of carbonyl (C=O) groups is 3. The summed E-state index contributed by atoms with van der Waals surface area (Å²) in [5, 5.41) is 10.8. The normalized spacial score (nSPS) is 16.9. The fourth-order valence-corrected chi connectivity index (χ4v) is 9.89. The topological polar surface area (TPSA) is 122 Å². The highest BCUT2D eigenvalue weighted by Crippen LogP contribution is 2.45. The summed E-state index contributed by atoms with van der Waals surface area (Å²) in [6.07, 6.45) is 0.881. The molecular weight excluding hydrogens is 840 g/mol. The molecule has 5 aromatic carbocycles. The van der Waals surface area contributed by atoms with Gasteiger partial charge in [0.05, 0.1) is 5.37 Å². The number of thioether (sulfide) groups is 1. The second kappa shape index (κ2) is 18.5. The molecule has 61 heavy (non-hydrogen) atoms. The number of aromatic nitrogens is 1. The molecule has 0 spiro atoms. The van der Waals surface area contributed by atoms with Crippen molar-refractivity contribution in [3.05, 3.63) is 202 Å². The molecule has 6 aromatic rings. The van der Waals surface area contributed by atoms with Gasteiger partial charge < -0.3 is 20.2 Å². The number of alkyl halides is 3. The highest BCUT2D eigenvalue weighted by molar-refractivity contribution is 8.00. The van der Waals surface area contributed by atoms with Crippen molar-refractivity contribution in [3.63, 3.8) is 0 Å². The molecule has 0 aliphatic carbocycles. The van der Waals surface area contributed by atoms with Crippen LogP contribution in [0.4, 0.5) is 13.9 Å². The number of nitrogens with zero attached hydrogens (tertiary/aromatic N) is 3. The molecule has 2 aliphatic rings. The van der Waals surface area contributed by atoms with E-state index < -0.39 is 58.5 Å². The summed E-state index contributed by atoms with van der Waals surface area (Å²) in [5.74, 6) is -2.87. The van der Waals surface area contributed by atoms with E-state index in [1.165, 1.54) is 22.0 Å². The summed E-state index contributed by atoms with van der Waals surface area (Å²) in [6, 6.07) is 47.8. The zero-order valence-electron chi connectivity index (χ0n) is 32.0. The third-order valence-corrected chi connectivity index (χ3v) is 12.6. The molecule has 3 unspecified atom stereocenters. The van der Waals surface area contributed by atoms with Crippen LogP contribution in [0, 0.1) is 5.92 Å². The van der Waals surface area contributed by atoms with Crippen molar-refractivity contribution in [2.75, 3.05) is 11.1 Å². The van der Waals surface area contributed by atoms with Crippen LogP contribution in [0.25, 0.3) is 0 Å². The predicted octanol–water partition coefficient (Wildman–Crippen LogP) is 8.92. The van der Waals surface area contributed by atoms with E-state index in [0.717, 1.165) is 39.2 Å². The Morgan fingerprint density at radius 1 is 0.803 bits per heavy atom. The van der Waals surface area contributed by atoms with E-state index in [-0.39, 0.29) is 11.4 Å². The van der Waals surface area contributed by atoms with Gasteiger partial charge >= 0.3 is 12.6 Å². The van der Waals surface area contributed by atoms with Crippen LogP contribution in [0.5, 0.6) is 0 Å². The number of amides is 2. The molecule has 2 N–H and O–H groups in total. The van der Waals surface area contributed by atoms with Crippen molar-refractivity contribution in [2.45, 2.75) is 29.1 Å². The average Bonchev–Trinajstić information content (AvgIpc) is 3.76. The summed E-state index contributed by atoms with van der Waals surface area (Å²) in [4.78, 5) is 51.6. The molecule has 3 atom stereocenters. The maximum Gasteiger partial charge on any atom is 0.407 e. The molecule has 0 radical (unpaired) electrons. The number of β-lactam (4-membered cyclic amide) rings is 1. The first-order valence-electron chi connectivity index (χ1n) is 19.1. The molecule has 1 fully saturated rings. The number of esters is 1. The lowest BCUT2D eigenvalue weighted by molar-refractivity contribution is -0.156. The van der Waals surface area contributed by atoms with Crippen LogP contribution in [0.1, 0.15) is 39.6 Å². The van der Waals surface area contributed by atoms with Crippen molar-refractivity contribution < 1.29 is 32.7 Å². The van der Waals surface area contributed by atoms with Gasteiger partial charge in [-0.1, -0.05) is 168 Å². The first-order chi connectivity index (χ1) is 29.7. The molecule has 1 aromatic heterocycles. The Morgan fingerprint density at radius 2 is 1.31 bits per heavy atom. The number of nitrogens with one attached hydrogen (secondary N) is 2. The van der Waals surface area contributed by atoms with Gasteiger partial charge in [0.15, 0.2) is 16.9 Å². The number of hydrogen-bond acceptors (Lipinski definition) is 10. The molecular formula is C46H36ClF2N5O5S2.